The van der Waals surface area contributed by atoms with E-state index in [2.05, 4.69) is 10.1 Å². The van der Waals surface area contributed by atoms with Gasteiger partial charge in [0.15, 0.2) is 0 Å². The fourth-order valence-electron chi connectivity index (χ4n) is 1.54. The summed E-state index contributed by atoms with van der Waals surface area (Å²) < 4.78 is 12.7. The van der Waals surface area contributed by atoms with Crippen molar-refractivity contribution in [1.82, 2.24) is 4.98 Å². The Bertz CT molecular complexity index is 509. The highest BCUT2D eigenvalue weighted by Crippen LogP contribution is 2.09. The maximum atomic E-state index is 12.7. The summed E-state index contributed by atoms with van der Waals surface area (Å²) in [5.74, 6) is -0.278. The van der Waals surface area contributed by atoms with Crippen molar-refractivity contribution in [3.05, 3.63) is 65.7 Å². The van der Waals surface area contributed by atoms with Crippen molar-refractivity contribution in [3.63, 3.8) is 0 Å². The second-order valence-electron chi connectivity index (χ2n) is 3.59. The smallest absolute Gasteiger partial charge is 0.123 e. The lowest BCUT2D eigenvalue weighted by Crippen LogP contribution is -2.05. The number of oxime groups is 1. The van der Waals surface area contributed by atoms with Gasteiger partial charge in [0, 0.05) is 24.4 Å². The van der Waals surface area contributed by atoms with E-state index in [0.717, 1.165) is 11.1 Å². The SMILES string of the molecule is O/N=C(\Cc1ccc(F)cc1)c1ccncc1. The Morgan fingerprint density at radius 3 is 2.35 bits per heavy atom. The van der Waals surface area contributed by atoms with E-state index in [1.165, 1.54) is 12.1 Å². The molecule has 86 valence electrons. The van der Waals surface area contributed by atoms with Crippen LogP contribution in [0.2, 0.25) is 0 Å². The van der Waals surface area contributed by atoms with Gasteiger partial charge in [-0.15, -0.1) is 0 Å². The Labute approximate surface area is 98.2 Å². The van der Waals surface area contributed by atoms with Crippen molar-refractivity contribution in [3.8, 4) is 0 Å². The molecule has 0 aliphatic carbocycles. The van der Waals surface area contributed by atoms with Crippen molar-refractivity contribution >= 4 is 5.71 Å². The van der Waals surface area contributed by atoms with Gasteiger partial charge in [0.1, 0.15) is 5.82 Å². The summed E-state index contributed by atoms with van der Waals surface area (Å²) in [5, 5.41) is 12.3. The topological polar surface area (TPSA) is 45.5 Å². The standard InChI is InChI=1S/C13H11FN2O/c14-12-3-1-10(2-4-12)9-13(16-17)11-5-7-15-8-6-11/h1-8,17H,9H2/b16-13+. The molecule has 0 saturated carbocycles. The number of pyridine rings is 1. The third-order valence-electron chi connectivity index (χ3n) is 2.42. The lowest BCUT2D eigenvalue weighted by Gasteiger charge is -2.04. The molecule has 0 atom stereocenters. The van der Waals surface area contributed by atoms with Gasteiger partial charge in [-0.05, 0) is 29.8 Å². The van der Waals surface area contributed by atoms with Crippen LogP contribution in [0.1, 0.15) is 11.1 Å². The van der Waals surface area contributed by atoms with Crippen molar-refractivity contribution in [2.75, 3.05) is 0 Å². The molecule has 17 heavy (non-hydrogen) atoms. The van der Waals surface area contributed by atoms with Crippen molar-refractivity contribution in [2.24, 2.45) is 5.16 Å². The van der Waals surface area contributed by atoms with Crippen LogP contribution in [0.3, 0.4) is 0 Å². The Morgan fingerprint density at radius 1 is 1.12 bits per heavy atom. The predicted octanol–water partition coefficient (Wildman–Crippen LogP) is 2.64. The summed E-state index contributed by atoms with van der Waals surface area (Å²) >= 11 is 0. The first-order valence-electron chi connectivity index (χ1n) is 5.15. The molecular weight excluding hydrogens is 219 g/mol. The maximum Gasteiger partial charge on any atom is 0.123 e. The predicted molar refractivity (Wildman–Crippen MR) is 62.7 cm³/mol. The summed E-state index contributed by atoms with van der Waals surface area (Å²) in [6.07, 6.45) is 3.71. The van der Waals surface area contributed by atoms with Crippen LogP contribution in [0.4, 0.5) is 4.39 Å². The van der Waals surface area contributed by atoms with Crippen LogP contribution >= 0.6 is 0 Å². The van der Waals surface area contributed by atoms with Crippen LogP contribution in [0.5, 0.6) is 0 Å². The Hall–Kier alpha value is -2.23. The number of hydrogen-bond acceptors (Lipinski definition) is 3. The van der Waals surface area contributed by atoms with Crippen molar-refractivity contribution < 1.29 is 9.60 Å². The molecule has 3 nitrogen and oxygen atoms in total. The molecule has 0 aliphatic heterocycles. The molecule has 1 aromatic heterocycles. The van der Waals surface area contributed by atoms with Crippen molar-refractivity contribution in [1.29, 1.82) is 0 Å². The Kier molecular flexibility index (Phi) is 3.45. The van der Waals surface area contributed by atoms with E-state index in [0.29, 0.717) is 12.1 Å². The summed E-state index contributed by atoms with van der Waals surface area (Å²) in [6.45, 7) is 0. The van der Waals surface area contributed by atoms with Crippen LogP contribution in [-0.2, 0) is 6.42 Å². The van der Waals surface area contributed by atoms with Gasteiger partial charge in [-0.3, -0.25) is 4.98 Å². The second-order valence-corrected chi connectivity index (χ2v) is 3.59. The van der Waals surface area contributed by atoms with Gasteiger partial charge in [-0.2, -0.15) is 0 Å². The van der Waals surface area contributed by atoms with Crippen LogP contribution < -0.4 is 0 Å². The molecule has 0 fully saturated rings. The maximum absolute atomic E-state index is 12.7. The number of nitrogens with zero attached hydrogens (tertiary/aromatic N) is 2. The molecule has 1 aromatic carbocycles. The average molecular weight is 230 g/mol. The molecule has 0 radical (unpaired) electrons. The molecule has 1 heterocycles. The lowest BCUT2D eigenvalue weighted by atomic mass is 10.0. The fourth-order valence-corrected chi connectivity index (χ4v) is 1.54. The summed E-state index contributed by atoms with van der Waals surface area (Å²) in [5.41, 5.74) is 2.21. The molecular formula is C13H11FN2O. The van der Waals surface area contributed by atoms with Crippen LogP contribution in [-0.4, -0.2) is 15.9 Å². The van der Waals surface area contributed by atoms with E-state index in [4.69, 9.17) is 5.21 Å². The molecule has 0 aliphatic rings. The third kappa shape index (κ3) is 2.87. The molecule has 0 unspecified atom stereocenters. The van der Waals surface area contributed by atoms with E-state index in [-0.39, 0.29) is 5.82 Å². The van der Waals surface area contributed by atoms with Crippen LogP contribution in [0, 0.1) is 5.82 Å². The van der Waals surface area contributed by atoms with E-state index >= 15 is 0 Å². The third-order valence-corrected chi connectivity index (χ3v) is 2.42. The van der Waals surface area contributed by atoms with Gasteiger partial charge in [0.25, 0.3) is 0 Å². The van der Waals surface area contributed by atoms with Gasteiger partial charge < -0.3 is 5.21 Å². The summed E-state index contributed by atoms with van der Waals surface area (Å²) in [7, 11) is 0. The normalized spacial score (nSPS) is 11.5. The quantitative estimate of drug-likeness (QED) is 0.500. The Balaban J connectivity index is 2.19. The number of halogens is 1. The average Bonchev–Trinajstić information content (AvgIpc) is 2.39. The first-order chi connectivity index (χ1) is 8.29. The van der Waals surface area contributed by atoms with E-state index in [1.807, 2.05) is 0 Å². The highest BCUT2D eigenvalue weighted by Gasteiger charge is 2.05. The van der Waals surface area contributed by atoms with E-state index < -0.39 is 0 Å². The molecule has 0 spiro atoms. The number of hydrogen-bond donors (Lipinski definition) is 1. The monoisotopic (exact) mass is 230 g/mol. The zero-order chi connectivity index (χ0) is 12.1. The minimum Gasteiger partial charge on any atom is -0.411 e. The first-order valence-corrected chi connectivity index (χ1v) is 5.15. The van der Waals surface area contributed by atoms with Gasteiger partial charge in [-0.25, -0.2) is 4.39 Å². The zero-order valence-electron chi connectivity index (χ0n) is 9.05. The van der Waals surface area contributed by atoms with Crippen molar-refractivity contribution in [2.45, 2.75) is 6.42 Å². The first kappa shape index (κ1) is 11.3. The summed E-state index contributed by atoms with van der Waals surface area (Å²) in [4.78, 5) is 3.89. The largest absolute Gasteiger partial charge is 0.411 e. The molecule has 1 N–H and O–H groups in total. The zero-order valence-corrected chi connectivity index (χ0v) is 9.05. The number of aromatic nitrogens is 1. The molecule has 2 aromatic rings. The summed E-state index contributed by atoms with van der Waals surface area (Å²) in [6, 6.07) is 9.63. The van der Waals surface area contributed by atoms with E-state index in [9.17, 15) is 4.39 Å². The number of benzene rings is 1. The highest BCUT2D eigenvalue weighted by molar-refractivity contribution is 6.01. The molecule has 2 rings (SSSR count). The second kappa shape index (κ2) is 5.21. The van der Waals surface area contributed by atoms with E-state index in [1.54, 1.807) is 36.7 Å². The molecule has 0 bridgehead atoms. The van der Waals surface area contributed by atoms with Gasteiger partial charge in [-0.1, -0.05) is 17.3 Å². The highest BCUT2D eigenvalue weighted by atomic mass is 19.1. The van der Waals surface area contributed by atoms with Crippen LogP contribution in [0.25, 0.3) is 0 Å². The molecule has 4 heteroatoms. The van der Waals surface area contributed by atoms with Gasteiger partial charge in [0.2, 0.25) is 0 Å². The minimum atomic E-state index is -0.278. The van der Waals surface area contributed by atoms with Gasteiger partial charge in [0.05, 0.1) is 5.71 Å². The fraction of sp³-hybridized carbons (Fsp3) is 0.0769. The number of rotatable bonds is 3. The van der Waals surface area contributed by atoms with Crippen LogP contribution in [0.15, 0.2) is 53.9 Å². The lowest BCUT2D eigenvalue weighted by molar-refractivity contribution is 0.318. The van der Waals surface area contributed by atoms with Gasteiger partial charge >= 0.3 is 0 Å². The Morgan fingerprint density at radius 2 is 1.76 bits per heavy atom. The molecule has 0 saturated heterocycles. The molecule has 0 amide bonds. The minimum absolute atomic E-state index is 0.278.